The summed E-state index contributed by atoms with van der Waals surface area (Å²) in [6.07, 6.45) is 0.249. The van der Waals surface area contributed by atoms with E-state index >= 15 is 0 Å². The summed E-state index contributed by atoms with van der Waals surface area (Å²) in [5.41, 5.74) is 5.64. The minimum Gasteiger partial charge on any atom is -0.480 e. The maximum absolute atomic E-state index is 12.6. The molecule has 1 aromatic heterocycles. The lowest BCUT2D eigenvalue weighted by Gasteiger charge is -2.19. The molecule has 1 fully saturated rings. The molecule has 2 aromatic rings. The standard InChI is InChI=1S/C14H16N4O3/c1-17-10-5-3-2-4-9(10)11(16-17)12(19)18-7-6-14(15,8-18)13(20)21/h2-5H,6-8,15H2,1H3,(H,20,21). The number of carbonyl (C=O) groups is 2. The fourth-order valence-electron chi connectivity index (χ4n) is 2.70. The smallest absolute Gasteiger partial charge is 0.325 e. The van der Waals surface area contributed by atoms with Crippen LogP contribution >= 0.6 is 0 Å². The second kappa shape index (κ2) is 4.56. The zero-order valence-corrected chi connectivity index (χ0v) is 11.6. The second-order valence-electron chi connectivity index (χ2n) is 5.43. The number of amides is 1. The Balaban J connectivity index is 1.94. The summed E-state index contributed by atoms with van der Waals surface area (Å²) in [6, 6.07) is 7.44. The van der Waals surface area contributed by atoms with E-state index in [1.165, 1.54) is 4.90 Å². The Labute approximate surface area is 120 Å². The van der Waals surface area contributed by atoms with Crippen LogP contribution in [0.25, 0.3) is 10.9 Å². The van der Waals surface area contributed by atoms with E-state index in [0.29, 0.717) is 12.2 Å². The Hall–Kier alpha value is -2.41. The number of carboxylic acids is 1. The van der Waals surface area contributed by atoms with E-state index in [-0.39, 0.29) is 18.9 Å². The van der Waals surface area contributed by atoms with Gasteiger partial charge in [-0.25, -0.2) is 0 Å². The number of fused-ring (bicyclic) bond motifs is 1. The number of hydrogen-bond acceptors (Lipinski definition) is 4. The summed E-state index contributed by atoms with van der Waals surface area (Å²) in [7, 11) is 1.77. The SMILES string of the molecule is Cn1nc(C(=O)N2CCC(N)(C(=O)O)C2)c2ccccc21. The quantitative estimate of drug-likeness (QED) is 0.822. The van der Waals surface area contributed by atoms with Crippen LogP contribution in [0.3, 0.4) is 0 Å². The van der Waals surface area contributed by atoms with Gasteiger partial charge >= 0.3 is 5.97 Å². The van der Waals surface area contributed by atoms with Gasteiger partial charge in [0.1, 0.15) is 5.54 Å². The molecule has 3 N–H and O–H groups in total. The maximum Gasteiger partial charge on any atom is 0.325 e. The highest BCUT2D eigenvalue weighted by Gasteiger charge is 2.43. The normalized spacial score (nSPS) is 21.9. The summed E-state index contributed by atoms with van der Waals surface area (Å²) in [5, 5.41) is 14.2. The highest BCUT2D eigenvalue weighted by molar-refractivity contribution is 6.05. The first-order chi connectivity index (χ1) is 9.92. The largest absolute Gasteiger partial charge is 0.480 e. The predicted molar refractivity (Wildman–Crippen MR) is 75.8 cm³/mol. The van der Waals surface area contributed by atoms with Crippen LogP contribution in [0.15, 0.2) is 24.3 Å². The van der Waals surface area contributed by atoms with Crippen molar-refractivity contribution in [1.82, 2.24) is 14.7 Å². The zero-order chi connectivity index (χ0) is 15.2. The van der Waals surface area contributed by atoms with Gasteiger partial charge in [-0.1, -0.05) is 18.2 Å². The van der Waals surface area contributed by atoms with Crippen molar-refractivity contribution in [3.63, 3.8) is 0 Å². The minimum atomic E-state index is -1.36. The van der Waals surface area contributed by atoms with Crippen LogP contribution in [0.2, 0.25) is 0 Å². The van der Waals surface area contributed by atoms with E-state index in [1.54, 1.807) is 11.7 Å². The molecule has 1 unspecified atom stereocenters. The average Bonchev–Trinajstić information content (AvgIpc) is 3.02. The van der Waals surface area contributed by atoms with E-state index in [2.05, 4.69) is 5.10 Å². The van der Waals surface area contributed by atoms with Crippen molar-refractivity contribution in [2.75, 3.05) is 13.1 Å². The number of aliphatic carboxylic acids is 1. The molecule has 2 heterocycles. The fourth-order valence-corrected chi connectivity index (χ4v) is 2.70. The maximum atomic E-state index is 12.6. The van der Waals surface area contributed by atoms with Gasteiger partial charge in [0.25, 0.3) is 5.91 Å². The van der Waals surface area contributed by atoms with E-state index in [1.807, 2.05) is 24.3 Å². The summed E-state index contributed by atoms with van der Waals surface area (Å²) >= 11 is 0. The Kier molecular flexibility index (Phi) is 2.94. The Morgan fingerprint density at radius 3 is 2.76 bits per heavy atom. The number of likely N-dealkylation sites (tertiary alicyclic amines) is 1. The van der Waals surface area contributed by atoms with Gasteiger partial charge in [-0.2, -0.15) is 5.10 Å². The molecule has 3 rings (SSSR count). The number of rotatable bonds is 2. The topological polar surface area (TPSA) is 101 Å². The third kappa shape index (κ3) is 2.06. The first-order valence-corrected chi connectivity index (χ1v) is 6.66. The lowest BCUT2D eigenvalue weighted by Crippen LogP contribution is -2.50. The fraction of sp³-hybridized carbons (Fsp3) is 0.357. The van der Waals surface area contributed by atoms with Gasteiger partial charge in [0.2, 0.25) is 0 Å². The van der Waals surface area contributed by atoms with E-state index in [9.17, 15) is 9.59 Å². The Bertz CT molecular complexity index is 739. The van der Waals surface area contributed by atoms with Crippen LogP contribution in [-0.4, -0.2) is 50.3 Å². The molecule has 1 aromatic carbocycles. The molecule has 0 saturated carbocycles. The lowest BCUT2D eigenvalue weighted by molar-refractivity contribution is -0.142. The number of carboxylic acid groups (broad SMARTS) is 1. The monoisotopic (exact) mass is 288 g/mol. The highest BCUT2D eigenvalue weighted by Crippen LogP contribution is 2.24. The number of hydrogen-bond donors (Lipinski definition) is 2. The first-order valence-electron chi connectivity index (χ1n) is 6.66. The molecule has 1 aliphatic rings. The minimum absolute atomic E-state index is 0.00602. The van der Waals surface area contributed by atoms with Crippen LogP contribution in [0.4, 0.5) is 0 Å². The Morgan fingerprint density at radius 2 is 2.10 bits per heavy atom. The van der Waals surface area contributed by atoms with Crippen molar-refractivity contribution in [2.45, 2.75) is 12.0 Å². The first kappa shape index (κ1) is 13.6. The van der Waals surface area contributed by atoms with E-state index < -0.39 is 11.5 Å². The molecule has 21 heavy (non-hydrogen) atoms. The van der Waals surface area contributed by atoms with Gasteiger partial charge in [0, 0.05) is 25.5 Å². The van der Waals surface area contributed by atoms with Gasteiger partial charge in [-0.15, -0.1) is 0 Å². The van der Waals surface area contributed by atoms with Gasteiger partial charge in [-0.05, 0) is 12.5 Å². The molecule has 1 amide bonds. The van der Waals surface area contributed by atoms with Gasteiger partial charge in [0.15, 0.2) is 5.69 Å². The van der Waals surface area contributed by atoms with Gasteiger partial charge in [-0.3, -0.25) is 14.3 Å². The molecule has 1 atom stereocenters. The van der Waals surface area contributed by atoms with Crippen LogP contribution in [0.1, 0.15) is 16.9 Å². The predicted octanol–water partition coefficient (Wildman–Crippen LogP) is 0.201. The number of para-hydroxylation sites is 1. The Morgan fingerprint density at radius 1 is 1.38 bits per heavy atom. The summed E-state index contributed by atoms with van der Waals surface area (Å²) in [6.45, 7) is 0.332. The molecule has 0 aliphatic carbocycles. The molecule has 7 nitrogen and oxygen atoms in total. The highest BCUT2D eigenvalue weighted by atomic mass is 16.4. The molecule has 110 valence electrons. The number of aryl methyl sites for hydroxylation is 1. The molecule has 1 aliphatic heterocycles. The summed E-state index contributed by atoms with van der Waals surface area (Å²) in [5.74, 6) is -1.36. The molecular weight excluding hydrogens is 272 g/mol. The van der Waals surface area contributed by atoms with Crippen molar-refractivity contribution in [2.24, 2.45) is 12.8 Å². The zero-order valence-electron chi connectivity index (χ0n) is 11.6. The van der Waals surface area contributed by atoms with Crippen molar-refractivity contribution >= 4 is 22.8 Å². The van der Waals surface area contributed by atoms with Crippen molar-refractivity contribution in [3.05, 3.63) is 30.0 Å². The van der Waals surface area contributed by atoms with E-state index in [0.717, 1.165) is 10.9 Å². The molecule has 0 bridgehead atoms. The number of nitrogens with two attached hydrogens (primary N) is 1. The molecule has 1 saturated heterocycles. The number of nitrogens with zero attached hydrogens (tertiary/aromatic N) is 3. The summed E-state index contributed by atoms with van der Waals surface area (Å²) < 4.78 is 1.64. The molecule has 0 spiro atoms. The van der Waals surface area contributed by atoms with Crippen LogP contribution in [0, 0.1) is 0 Å². The number of aromatic nitrogens is 2. The van der Waals surface area contributed by atoms with Crippen LogP contribution < -0.4 is 5.73 Å². The van der Waals surface area contributed by atoms with Gasteiger partial charge in [0.05, 0.1) is 5.52 Å². The molecule has 7 heteroatoms. The number of benzene rings is 1. The summed E-state index contributed by atoms with van der Waals surface area (Å²) in [4.78, 5) is 25.2. The average molecular weight is 288 g/mol. The molecule has 0 radical (unpaired) electrons. The van der Waals surface area contributed by atoms with Crippen molar-refractivity contribution in [1.29, 1.82) is 0 Å². The second-order valence-corrected chi connectivity index (χ2v) is 5.43. The van der Waals surface area contributed by atoms with Gasteiger partial charge < -0.3 is 15.7 Å². The van der Waals surface area contributed by atoms with E-state index in [4.69, 9.17) is 10.8 Å². The number of carbonyl (C=O) groups excluding carboxylic acids is 1. The lowest BCUT2D eigenvalue weighted by atomic mass is 10.0. The van der Waals surface area contributed by atoms with Crippen LogP contribution in [-0.2, 0) is 11.8 Å². The van der Waals surface area contributed by atoms with Crippen molar-refractivity contribution in [3.8, 4) is 0 Å². The third-order valence-corrected chi connectivity index (χ3v) is 3.97. The van der Waals surface area contributed by atoms with Crippen molar-refractivity contribution < 1.29 is 14.7 Å². The molecular formula is C14H16N4O3. The van der Waals surface area contributed by atoms with Crippen LogP contribution in [0.5, 0.6) is 0 Å². The third-order valence-electron chi connectivity index (χ3n) is 3.97.